The predicted molar refractivity (Wildman–Crippen MR) is 99.7 cm³/mol. The van der Waals surface area contributed by atoms with Crippen molar-refractivity contribution in [2.24, 2.45) is 0 Å². The molecule has 1 aromatic heterocycles. The lowest BCUT2D eigenvalue weighted by atomic mass is 10.1. The second kappa shape index (κ2) is 6.57. The summed E-state index contributed by atoms with van der Waals surface area (Å²) in [6.45, 7) is 3.82. The van der Waals surface area contributed by atoms with E-state index in [4.69, 9.17) is 4.74 Å². The normalized spacial score (nSPS) is 16.2. The molecule has 0 N–H and O–H groups in total. The summed E-state index contributed by atoms with van der Waals surface area (Å²) < 4.78 is 7.59. The van der Waals surface area contributed by atoms with Gasteiger partial charge in [0.1, 0.15) is 11.4 Å². The number of hydrogen-bond donors (Lipinski definition) is 0. The van der Waals surface area contributed by atoms with Crippen molar-refractivity contribution in [1.82, 2.24) is 19.9 Å². The Labute approximate surface area is 153 Å². The van der Waals surface area contributed by atoms with Gasteiger partial charge in [-0.3, -0.25) is 4.90 Å². The van der Waals surface area contributed by atoms with E-state index in [0.29, 0.717) is 0 Å². The van der Waals surface area contributed by atoms with Crippen molar-refractivity contribution in [3.63, 3.8) is 0 Å². The first-order chi connectivity index (χ1) is 12.9. The Morgan fingerprint density at radius 2 is 1.96 bits per heavy atom. The fraction of sp³-hybridized carbons (Fsp3) is 0.333. The highest BCUT2D eigenvalue weighted by Crippen LogP contribution is 2.26. The SMILES string of the molecule is c1ccc(-n2nnc3c2CCN(CCc2ccc4c(c2)CCO4)C3)cc1. The number of rotatable bonds is 4. The molecular formula is C21H22N4O. The molecule has 0 saturated carbocycles. The maximum Gasteiger partial charge on any atom is 0.122 e. The zero-order valence-corrected chi connectivity index (χ0v) is 14.8. The highest BCUT2D eigenvalue weighted by molar-refractivity contribution is 5.40. The molecule has 0 bridgehead atoms. The van der Waals surface area contributed by atoms with Crippen LogP contribution in [0.4, 0.5) is 0 Å². The van der Waals surface area contributed by atoms with E-state index in [-0.39, 0.29) is 0 Å². The second-order valence-electron chi connectivity index (χ2n) is 7.05. The van der Waals surface area contributed by atoms with Gasteiger partial charge in [-0.25, -0.2) is 4.68 Å². The fourth-order valence-electron chi connectivity index (χ4n) is 3.91. The van der Waals surface area contributed by atoms with E-state index in [1.807, 2.05) is 22.9 Å². The molecule has 2 aliphatic rings. The van der Waals surface area contributed by atoms with Crippen LogP contribution in [0, 0.1) is 0 Å². The molecule has 3 heterocycles. The van der Waals surface area contributed by atoms with E-state index in [9.17, 15) is 0 Å². The lowest BCUT2D eigenvalue weighted by Crippen LogP contribution is -2.33. The van der Waals surface area contributed by atoms with Gasteiger partial charge in [-0.2, -0.15) is 0 Å². The van der Waals surface area contributed by atoms with E-state index in [1.54, 1.807) is 0 Å². The van der Waals surface area contributed by atoms with Crippen LogP contribution in [-0.2, 0) is 25.8 Å². The maximum absolute atomic E-state index is 5.60. The zero-order chi connectivity index (χ0) is 17.3. The number of para-hydroxylation sites is 1. The van der Waals surface area contributed by atoms with Gasteiger partial charge in [-0.05, 0) is 35.7 Å². The number of hydrogen-bond acceptors (Lipinski definition) is 4. The third kappa shape index (κ3) is 2.88. The molecule has 5 rings (SSSR count). The van der Waals surface area contributed by atoms with Crippen molar-refractivity contribution in [2.75, 3.05) is 19.7 Å². The first-order valence-corrected chi connectivity index (χ1v) is 9.33. The number of benzene rings is 2. The third-order valence-corrected chi connectivity index (χ3v) is 5.35. The first kappa shape index (κ1) is 15.6. The zero-order valence-electron chi connectivity index (χ0n) is 14.8. The molecule has 2 aromatic carbocycles. The standard InChI is InChI=1S/C21H22N4O/c1-2-4-18(5-3-1)25-20-9-12-24(15-19(20)22-23-25)11-8-16-6-7-21-17(14-16)10-13-26-21/h1-7,14H,8-13,15H2. The van der Waals surface area contributed by atoms with E-state index in [2.05, 4.69) is 45.5 Å². The Balaban J connectivity index is 1.26. The Bertz CT molecular complexity index is 919. The van der Waals surface area contributed by atoms with Crippen LogP contribution in [0.25, 0.3) is 5.69 Å². The van der Waals surface area contributed by atoms with Crippen molar-refractivity contribution in [3.8, 4) is 11.4 Å². The van der Waals surface area contributed by atoms with Crippen molar-refractivity contribution in [1.29, 1.82) is 0 Å². The van der Waals surface area contributed by atoms with Crippen LogP contribution < -0.4 is 4.74 Å². The molecule has 0 radical (unpaired) electrons. The lowest BCUT2D eigenvalue weighted by Gasteiger charge is -2.26. The van der Waals surface area contributed by atoms with Crippen LogP contribution in [-0.4, -0.2) is 39.6 Å². The number of ether oxygens (including phenoxy) is 1. The monoisotopic (exact) mass is 346 g/mol. The van der Waals surface area contributed by atoms with Gasteiger partial charge < -0.3 is 4.74 Å². The minimum Gasteiger partial charge on any atom is -0.493 e. The molecule has 0 unspecified atom stereocenters. The largest absolute Gasteiger partial charge is 0.493 e. The van der Waals surface area contributed by atoms with Crippen LogP contribution in [0.3, 0.4) is 0 Å². The minimum absolute atomic E-state index is 0.824. The molecule has 5 nitrogen and oxygen atoms in total. The van der Waals surface area contributed by atoms with Crippen LogP contribution in [0.2, 0.25) is 0 Å². The van der Waals surface area contributed by atoms with Gasteiger partial charge >= 0.3 is 0 Å². The van der Waals surface area contributed by atoms with Crippen LogP contribution in [0.5, 0.6) is 5.75 Å². The van der Waals surface area contributed by atoms with E-state index < -0.39 is 0 Å². The topological polar surface area (TPSA) is 43.2 Å². The van der Waals surface area contributed by atoms with Gasteiger partial charge in [-0.1, -0.05) is 35.5 Å². The van der Waals surface area contributed by atoms with Gasteiger partial charge in [-0.15, -0.1) is 5.10 Å². The lowest BCUT2D eigenvalue weighted by molar-refractivity contribution is 0.252. The molecular weight excluding hydrogens is 324 g/mol. The number of fused-ring (bicyclic) bond motifs is 2. The summed E-state index contributed by atoms with van der Waals surface area (Å²) in [5.41, 5.74) is 6.21. The average molecular weight is 346 g/mol. The van der Waals surface area contributed by atoms with E-state index in [0.717, 1.165) is 62.6 Å². The maximum atomic E-state index is 5.60. The molecule has 0 amide bonds. The van der Waals surface area contributed by atoms with Crippen molar-refractivity contribution < 1.29 is 4.74 Å². The summed E-state index contributed by atoms with van der Waals surface area (Å²) in [4.78, 5) is 2.48. The highest BCUT2D eigenvalue weighted by atomic mass is 16.5. The van der Waals surface area contributed by atoms with Gasteiger partial charge in [0.05, 0.1) is 18.0 Å². The van der Waals surface area contributed by atoms with E-state index in [1.165, 1.54) is 16.8 Å². The van der Waals surface area contributed by atoms with Crippen molar-refractivity contribution in [3.05, 3.63) is 71.0 Å². The van der Waals surface area contributed by atoms with Crippen molar-refractivity contribution in [2.45, 2.75) is 25.8 Å². The Kier molecular flexibility index (Phi) is 3.94. The van der Waals surface area contributed by atoms with Gasteiger partial charge in [0.15, 0.2) is 0 Å². The van der Waals surface area contributed by atoms with Gasteiger partial charge in [0.25, 0.3) is 0 Å². The Hall–Kier alpha value is -2.66. The molecule has 5 heteroatoms. The molecule has 0 atom stereocenters. The quantitative estimate of drug-likeness (QED) is 0.729. The van der Waals surface area contributed by atoms with Crippen LogP contribution >= 0.6 is 0 Å². The Morgan fingerprint density at radius 1 is 1.04 bits per heavy atom. The molecule has 0 spiro atoms. The molecule has 132 valence electrons. The predicted octanol–water partition coefficient (Wildman–Crippen LogP) is 2.80. The molecule has 0 fully saturated rings. The number of nitrogens with zero attached hydrogens (tertiary/aromatic N) is 4. The molecule has 2 aliphatic heterocycles. The smallest absolute Gasteiger partial charge is 0.122 e. The van der Waals surface area contributed by atoms with Crippen molar-refractivity contribution >= 4 is 0 Å². The Morgan fingerprint density at radius 3 is 2.88 bits per heavy atom. The number of aromatic nitrogens is 3. The van der Waals surface area contributed by atoms with Gasteiger partial charge in [0, 0.05) is 32.5 Å². The average Bonchev–Trinajstić information content (AvgIpc) is 3.33. The summed E-state index contributed by atoms with van der Waals surface area (Å²) >= 11 is 0. The highest BCUT2D eigenvalue weighted by Gasteiger charge is 2.22. The second-order valence-corrected chi connectivity index (χ2v) is 7.05. The molecule has 26 heavy (non-hydrogen) atoms. The van der Waals surface area contributed by atoms with Crippen LogP contribution in [0.1, 0.15) is 22.5 Å². The minimum atomic E-state index is 0.824. The molecule has 3 aromatic rings. The molecule has 0 aliphatic carbocycles. The molecule has 0 saturated heterocycles. The van der Waals surface area contributed by atoms with E-state index >= 15 is 0 Å². The van der Waals surface area contributed by atoms with Crippen LogP contribution in [0.15, 0.2) is 48.5 Å². The summed E-state index contributed by atoms with van der Waals surface area (Å²) in [7, 11) is 0. The summed E-state index contributed by atoms with van der Waals surface area (Å²) in [5, 5.41) is 8.83. The summed E-state index contributed by atoms with van der Waals surface area (Å²) in [5.74, 6) is 1.06. The summed E-state index contributed by atoms with van der Waals surface area (Å²) in [6, 6.07) is 16.9. The fourth-order valence-corrected chi connectivity index (χ4v) is 3.91. The third-order valence-electron chi connectivity index (χ3n) is 5.35. The first-order valence-electron chi connectivity index (χ1n) is 9.33. The van der Waals surface area contributed by atoms with Gasteiger partial charge in [0.2, 0.25) is 0 Å². The summed E-state index contributed by atoms with van der Waals surface area (Å²) in [6.07, 6.45) is 3.10.